The standard InChI is InChI=1S/C19H21N5O/c1-12-5-4-6-15(9-12)11-17(18-21-23-24-22-18)19(25)20-16-8-7-13(2)14(3)10-16/h4-10,17H,11H2,1-3H3,(H2,20,21,22,23,24,25)/p-1/t17-/m1/s1. The second-order valence-electron chi connectivity index (χ2n) is 6.27. The molecular weight excluding hydrogens is 314 g/mol. The number of anilines is 1. The molecule has 128 valence electrons. The van der Waals surface area contributed by atoms with Crippen LogP contribution in [0.5, 0.6) is 0 Å². The van der Waals surface area contributed by atoms with Crippen molar-refractivity contribution in [1.29, 1.82) is 0 Å². The lowest BCUT2D eigenvalue weighted by molar-refractivity contribution is -0.117. The molecule has 1 heterocycles. The van der Waals surface area contributed by atoms with Crippen LogP contribution >= 0.6 is 0 Å². The number of nitrogens with one attached hydrogen (secondary N) is 1. The third-order valence-electron chi connectivity index (χ3n) is 4.26. The maximum absolute atomic E-state index is 12.8. The van der Waals surface area contributed by atoms with Gasteiger partial charge in [-0.1, -0.05) is 35.9 Å². The molecule has 25 heavy (non-hydrogen) atoms. The van der Waals surface area contributed by atoms with Crippen LogP contribution in [-0.2, 0) is 11.2 Å². The number of aryl methyl sites for hydroxylation is 3. The van der Waals surface area contributed by atoms with Gasteiger partial charge < -0.3 is 10.4 Å². The summed E-state index contributed by atoms with van der Waals surface area (Å²) < 4.78 is 0. The fraction of sp³-hybridized carbons (Fsp3) is 0.263. The van der Waals surface area contributed by atoms with Crippen LogP contribution in [0.2, 0.25) is 0 Å². The number of hydrogen-bond donors (Lipinski definition) is 1. The fourth-order valence-corrected chi connectivity index (χ4v) is 2.72. The summed E-state index contributed by atoms with van der Waals surface area (Å²) in [7, 11) is 0. The summed E-state index contributed by atoms with van der Waals surface area (Å²) in [5.74, 6) is -0.374. The quantitative estimate of drug-likeness (QED) is 0.776. The van der Waals surface area contributed by atoms with E-state index in [0.29, 0.717) is 12.2 Å². The number of benzene rings is 2. The molecule has 0 aliphatic heterocycles. The van der Waals surface area contributed by atoms with Gasteiger partial charge in [-0.2, -0.15) is 5.21 Å². The van der Waals surface area contributed by atoms with Crippen molar-refractivity contribution in [3.05, 3.63) is 70.5 Å². The molecule has 6 nitrogen and oxygen atoms in total. The Bertz CT molecular complexity index is 873. The van der Waals surface area contributed by atoms with Crippen LogP contribution in [0.25, 0.3) is 0 Å². The molecule has 0 radical (unpaired) electrons. The first-order valence-electron chi connectivity index (χ1n) is 8.15. The monoisotopic (exact) mass is 334 g/mol. The van der Waals surface area contributed by atoms with Gasteiger partial charge in [-0.3, -0.25) is 15.1 Å². The summed E-state index contributed by atoms with van der Waals surface area (Å²) in [6, 6.07) is 13.9. The molecule has 1 atom stereocenters. The molecule has 1 amide bonds. The van der Waals surface area contributed by atoms with E-state index in [1.165, 1.54) is 5.56 Å². The van der Waals surface area contributed by atoms with Gasteiger partial charge in [0.2, 0.25) is 5.91 Å². The van der Waals surface area contributed by atoms with Gasteiger partial charge in [0, 0.05) is 11.5 Å². The average molecular weight is 334 g/mol. The number of aromatic nitrogens is 4. The molecule has 6 heteroatoms. The molecule has 3 rings (SSSR count). The number of tetrazole rings is 1. The summed E-state index contributed by atoms with van der Waals surface area (Å²) in [4.78, 5) is 12.8. The summed E-state index contributed by atoms with van der Waals surface area (Å²) in [6.45, 7) is 6.08. The predicted octanol–water partition coefficient (Wildman–Crippen LogP) is 2.72. The smallest absolute Gasteiger partial charge is 0.232 e. The first kappa shape index (κ1) is 16.8. The van der Waals surface area contributed by atoms with E-state index < -0.39 is 5.92 Å². The highest BCUT2D eigenvalue weighted by Crippen LogP contribution is 2.21. The van der Waals surface area contributed by atoms with Gasteiger partial charge in [0.25, 0.3) is 0 Å². The molecule has 0 aliphatic rings. The molecule has 0 saturated carbocycles. The lowest BCUT2D eigenvalue weighted by Gasteiger charge is -2.18. The van der Waals surface area contributed by atoms with E-state index in [9.17, 15) is 4.79 Å². The van der Waals surface area contributed by atoms with E-state index in [0.717, 1.165) is 22.4 Å². The Morgan fingerprint density at radius 2 is 1.96 bits per heavy atom. The van der Waals surface area contributed by atoms with Crippen molar-refractivity contribution in [2.45, 2.75) is 33.1 Å². The van der Waals surface area contributed by atoms with Crippen LogP contribution in [0.4, 0.5) is 5.69 Å². The highest BCUT2D eigenvalue weighted by Gasteiger charge is 2.21. The van der Waals surface area contributed by atoms with E-state index in [1.807, 2.05) is 57.2 Å². The number of carbonyl (C=O) groups excluding carboxylic acids is 1. The van der Waals surface area contributed by atoms with Crippen molar-refractivity contribution < 1.29 is 4.79 Å². The topological polar surface area (TPSA) is 81.9 Å². The molecule has 0 bridgehead atoms. The molecule has 0 unspecified atom stereocenters. The Balaban J connectivity index is 1.83. The van der Waals surface area contributed by atoms with Gasteiger partial charge in [-0.25, -0.2) is 0 Å². The maximum Gasteiger partial charge on any atom is 0.232 e. The van der Waals surface area contributed by atoms with Crippen molar-refractivity contribution >= 4 is 11.6 Å². The minimum Gasteiger partial charge on any atom is -0.335 e. The number of nitrogens with zero attached hydrogens (tertiary/aromatic N) is 4. The summed E-state index contributed by atoms with van der Waals surface area (Å²) in [5, 5.41) is 17.8. The highest BCUT2D eigenvalue weighted by atomic mass is 16.1. The summed E-state index contributed by atoms with van der Waals surface area (Å²) in [6.07, 6.45) is 0.492. The Kier molecular flexibility index (Phi) is 4.88. The van der Waals surface area contributed by atoms with E-state index in [1.54, 1.807) is 0 Å². The van der Waals surface area contributed by atoms with Crippen LogP contribution in [0, 0.1) is 20.8 Å². The minimum absolute atomic E-state index is 0.167. The van der Waals surface area contributed by atoms with Crippen molar-refractivity contribution in [2.75, 3.05) is 5.32 Å². The lowest BCUT2D eigenvalue weighted by atomic mass is 9.96. The molecule has 0 fully saturated rings. The molecule has 0 spiro atoms. The number of rotatable bonds is 5. The van der Waals surface area contributed by atoms with Crippen molar-refractivity contribution in [3.8, 4) is 0 Å². The maximum atomic E-state index is 12.8. The Morgan fingerprint density at radius 1 is 1.12 bits per heavy atom. The Morgan fingerprint density at radius 3 is 2.64 bits per heavy atom. The predicted molar refractivity (Wildman–Crippen MR) is 95.3 cm³/mol. The summed E-state index contributed by atoms with van der Waals surface area (Å²) in [5.41, 5.74) is 5.26. The molecule has 3 aromatic rings. The molecule has 1 N–H and O–H groups in total. The second-order valence-corrected chi connectivity index (χ2v) is 6.27. The van der Waals surface area contributed by atoms with Crippen molar-refractivity contribution in [3.63, 3.8) is 0 Å². The SMILES string of the molecule is Cc1cccc(C[C@@H](C(=O)Nc2ccc(C)c(C)c2)c2nnn[n-]2)c1. The third kappa shape index (κ3) is 4.09. The number of carbonyl (C=O) groups is 1. The molecular formula is C19H20N5O-. The largest absolute Gasteiger partial charge is 0.335 e. The third-order valence-corrected chi connectivity index (χ3v) is 4.26. The zero-order chi connectivity index (χ0) is 17.8. The number of amides is 1. The van der Waals surface area contributed by atoms with E-state index >= 15 is 0 Å². The Hall–Kier alpha value is -3.02. The van der Waals surface area contributed by atoms with Gasteiger partial charge in [-0.05, 0) is 56.0 Å². The normalized spacial score (nSPS) is 12.0. The first-order valence-corrected chi connectivity index (χ1v) is 8.15. The fourth-order valence-electron chi connectivity index (χ4n) is 2.72. The zero-order valence-corrected chi connectivity index (χ0v) is 14.5. The first-order chi connectivity index (χ1) is 12.0. The van der Waals surface area contributed by atoms with Gasteiger partial charge in [0.05, 0.1) is 5.92 Å². The van der Waals surface area contributed by atoms with Gasteiger partial charge >= 0.3 is 0 Å². The van der Waals surface area contributed by atoms with E-state index in [-0.39, 0.29) is 5.91 Å². The Labute approximate surface area is 146 Å². The molecule has 0 saturated heterocycles. The zero-order valence-electron chi connectivity index (χ0n) is 14.5. The molecule has 0 aliphatic carbocycles. The second kappa shape index (κ2) is 7.25. The highest BCUT2D eigenvalue weighted by molar-refractivity contribution is 5.95. The lowest BCUT2D eigenvalue weighted by Crippen LogP contribution is -2.24. The average Bonchev–Trinajstić information content (AvgIpc) is 3.10. The van der Waals surface area contributed by atoms with E-state index in [2.05, 4.69) is 32.0 Å². The van der Waals surface area contributed by atoms with Crippen LogP contribution in [0.1, 0.15) is 34.0 Å². The van der Waals surface area contributed by atoms with Crippen LogP contribution in [-0.4, -0.2) is 21.4 Å². The molecule has 1 aromatic heterocycles. The van der Waals surface area contributed by atoms with Crippen molar-refractivity contribution in [2.24, 2.45) is 0 Å². The molecule has 2 aromatic carbocycles. The van der Waals surface area contributed by atoms with E-state index in [4.69, 9.17) is 0 Å². The van der Waals surface area contributed by atoms with Gasteiger partial charge in [-0.15, -0.1) is 0 Å². The van der Waals surface area contributed by atoms with Crippen LogP contribution in [0.3, 0.4) is 0 Å². The summed E-state index contributed by atoms with van der Waals surface area (Å²) >= 11 is 0. The minimum atomic E-state index is -0.543. The van der Waals surface area contributed by atoms with Gasteiger partial charge in [0.15, 0.2) is 0 Å². The number of hydrogen-bond acceptors (Lipinski definition) is 4. The van der Waals surface area contributed by atoms with Gasteiger partial charge in [0.1, 0.15) is 0 Å². The van der Waals surface area contributed by atoms with Crippen molar-refractivity contribution in [1.82, 2.24) is 20.6 Å². The van der Waals surface area contributed by atoms with Crippen LogP contribution in [0.15, 0.2) is 42.5 Å². The van der Waals surface area contributed by atoms with Crippen LogP contribution < -0.4 is 10.4 Å².